The summed E-state index contributed by atoms with van der Waals surface area (Å²) in [5.41, 5.74) is 1.41. The predicted octanol–water partition coefficient (Wildman–Crippen LogP) is 4.17. The molecule has 1 aromatic heterocycles. The number of aryl methyl sites for hydroxylation is 1. The minimum atomic E-state index is -0.901. The summed E-state index contributed by atoms with van der Waals surface area (Å²) in [4.78, 5) is 8.51. The molecule has 6 heteroatoms. The third-order valence-electron chi connectivity index (χ3n) is 2.93. The van der Waals surface area contributed by atoms with Crippen LogP contribution in [0, 0.1) is 29.9 Å². The highest BCUT2D eigenvalue weighted by molar-refractivity contribution is 7.09. The molecule has 21 heavy (non-hydrogen) atoms. The van der Waals surface area contributed by atoms with E-state index in [0.29, 0.717) is 10.6 Å². The first kappa shape index (κ1) is 15.3. The maximum atomic E-state index is 13.2. The first-order chi connectivity index (χ1) is 10.0. The number of halogens is 2. The average Bonchev–Trinajstić information content (AvgIpc) is 2.89. The van der Waals surface area contributed by atoms with Crippen LogP contribution in [0.1, 0.15) is 35.1 Å². The van der Waals surface area contributed by atoms with Gasteiger partial charge in [-0.05, 0) is 31.5 Å². The molecule has 0 bridgehead atoms. The lowest BCUT2D eigenvalue weighted by molar-refractivity contribution is 0.506. The number of aromatic nitrogens is 1. The predicted molar refractivity (Wildman–Crippen MR) is 78.5 cm³/mol. The molecule has 0 saturated heterocycles. The van der Waals surface area contributed by atoms with Gasteiger partial charge in [0.1, 0.15) is 10.9 Å². The molecule has 0 saturated carbocycles. The van der Waals surface area contributed by atoms with E-state index in [1.54, 1.807) is 6.92 Å². The largest absolute Gasteiger partial charge is 0.288 e. The molecule has 1 heterocycles. The maximum Gasteiger partial charge on any atom is 0.159 e. The fourth-order valence-corrected chi connectivity index (χ4v) is 2.54. The van der Waals surface area contributed by atoms with Crippen LogP contribution in [0.5, 0.6) is 0 Å². The van der Waals surface area contributed by atoms with Crippen molar-refractivity contribution in [3.8, 4) is 6.07 Å². The number of rotatable bonds is 4. The summed E-state index contributed by atoms with van der Waals surface area (Å²) >= 11 is 1.40. The highest BCUT2D eigenvalue weighted by Gasteiger charge is 2.13. The molecule has 0 unspecified atom stereocenters. The van der Waals surface area contributed by atoms with Crippen molar-refractivity contribution in [3.05, 3.63) is 51.5 Å². The molecule has 0 N–H and O–H groups in total. The Bertz CT molecular complexity index is 703. The van der Waals surface area contributed by atoms with E-state index in [1.165, 1.54) is 23.6 Å². The van der Waals surface area contributed by atoms with Crippen LogP contribution < -0.4 is 0 Å². The zero-order valence-electron chi connectivity index (χ0n) is 11.5. The molecule has 0 fully saturated rings. The summed E-state index contributed by atoms with van der Waals surface area (Å²) in [5.74, 6) is -2.32. The van der Waals surface area contributed by atoms with Gasteiger partial charge in [-0.3, -0.25) is 4.99 Å². The Hall–Kier alpha value is -2.13. The number of nitrogens with zero attached hydrogens (tertiary/aromatic N) is 3. The van der Waals surface area contributed by atoms with Gasteiger partial charge in [-0.15, -0.1) is 11.3 Å². The zero-order valence-corrected chi connectivity index (χ0v) is 12.4. The van der Waals surface area contributed by atoms with Crippen molar-refractivity contribution >= 4 is 17.6 Å². The molecule has 2 rings (SSSR count). The fourth-order valence-electron chi connectivity index (χ4n) is 1.74. The van der Waals surface area contributed by atoms with Crippen LogP contribution >= 0.6 is 11.3 Å². The fraction of sp³-hybridized carbons (Fsp3) is 0.267. The Balaban J connectivity index is 2.15. The van der Waals surface area contributed by atoms with Crippen molar-refractivity contribution in [3.63, 3.8) is 0 Å². The van der Waals surface area contributed by atoms with Crippen molar-refractivity contribution in [1.82, 2.24) is 4.98 Å². The van der Waals surface area contributed by atoms with Gasteiger partial charge in [0.05, 0.1) is 12.1 Å². The third-order valence-corrected chi connectivity index (χ3v) is 3.97. The molecule has 0 aliphatic rings. The molecule has 3 nitrogen and oxygen atoms in total. The van der Waals surface area contributed by atoms with Crippen LogP contribution in [-0.4, -0.2) is 11.2 Å². The molecular formula is C15H13F2N3S. The van der Waals surface area contributed by atoms with Gasteiger partial charge in [0.15, 0.2) is 11.6 Å². The Morgan fingerprint density at radius 2 is 2.14 bits per heavy atom. The first-order valence-corrected chi connectivity index (χ1v) is 7.19. The third kappa shape index (κ3) is 3.70. The number of aliphatic imine (C=N–C) groups is 1. The van der Waals surface area contributed by atoms with Crippen molar-refractivity contribution < 1.29 is 8.78 Å². The molecule has 108 valence electrons. The highest BCUT2D eigenvalue weighted by Crippen LogP contribution is 2.22. The van der Waals surface area contributed by atoms with Gasteiger partial charge in [0.25, 0.3) is 0 Å². The second kappa shape index (κ2) is 6.55. The molecule has 0 aliphatic heterocycles. The Morgan fingerprint density at radius 1 is 1.38 bits per heavy atom. The Labute approximate surface area is 125 Å². The lowest BCUT2D eigenvalue weighted by Gasteiger charge is -2.07. The van der Waals surface area contributed by atoms with E-state index in [4.69, 9.17) is 5.26 Å². The minimum absolute atomic E-state index is 0.364. The van der Waals surface area contributed by atoms with Crippen molar-refractivity contribution in [2.45, 2.75) is 25.8 Å². The van der Waals surface area contributed by atoms with Gasteiger partial charge in [-0.25, -0.2) is 13.8 Å². The van der Waals surface area contributed by atoms with Crippen molar-refractivity contribution in [2.24, 2.45) is 4.99 Å². The average molecular weight is 305 g/mol. The number of nitriles is 1. The summed E-state index contributed by atoms with van der Waals surface area (Å²) < 4.78 is 26.1. The number of hydrogen-bond acceptors (Lipinski definition) is 4. The summed E-state index contributed by atoms with van der Waals surface area (Å²) in [6, 6.07) is 5.43. The molecule has 0 spiro atoms. The van der Waals surface area contributed by atoms with E-state index in [2.05, 4.69) is 16.0 Å². The molecule has 2 aromatic rings. The lowest BCUT2D eigenvalue weighted by Crippen LogP contribution is -1.99. The van der Waals surface area contributed by atoms with Crippen LogP contribution in [0.15, 0.2) is 28.6 Å². The monoisotopic (exact) mass is 305 g/mol. The maximum absolute atomic E-state index is 13.2. The number of benzene rings is 1. The van der Waals surface area contributed by atoms with Crippen LogP contribution in [-0.2, 0) is 0 Å². The van der Waals surface area contributed by atoms with Gasteiger partial charge in [0.2, 0.25) is 0 Å². The summed E-state index contributed by atoms with van der Waals surface area (Å²) in [5, 5.41) is 11.7. The van der Waals surface area contributed by atoms with E-state index in [9.17, 15) is 8.78 Å². The molecule has 0 radical (unpaired) electrons. The van der Waals surface area contributed by atoms with Gasteiger partial charge < -0.3 is 0 Å². The van der Waals surface area contributed by atoms with E-state index >= 15 is 0 Å². The smallest absolute Gasteiger partial charge is 0.159 e. The van der Waals surface area contributed by atoms with Gasteiger partial charge in [-0.1, -0.05) is 6.07 Å². The van der Waals surface area contributed by atoms with Gasteiger partial charge in [-0.2, -0.15) is 5.26 Å². The summed E-state index contributed by atoms with van der Waals surface area (Å²) in [6.45, 7) is 3.61. The first-order valence-electron chi connectivity index (χ1n) is 6.31. The van der Waals surface area contributed by atoms with E-state index in [0.717, 1.165) is 17.8 Å². The van der Waals surface area contributed by atoms with Crippen molar-refractivity contribution in [2.75, 3.05) is 0 Å². The molecule has 0 amide bonds. The second-order valence-corrected chi connectivity index (χ2v) is 5.47. The van der Waals surface area contributed by atoms with Gasteiger partial charge in [0, 0.05) is 17.3 Å². The van der Waals surface area contributed by atoms with Crippen LogP contribution in [0.3, 0.4) is 0 Å². The lowest BCUT2D eigenvalue weighted by atomic mass is 10.1. The molecule has 2 atom stereocenters. The zero-order chi connectivity index (χ0) is 15.4. The number of thiazole rings is 1. The van der Waals surface area contributed by atoms with E-state index in [1.807, 2.05) is 12.3 Å². The topological polar surface area (TPSA) is 49.0 Å². The standard InChI is InChI=1S/C15H13F2N3S/c1-9-8-21-15(20-9)12(6-18)7-19-10(2)11-3-4-13(16)14(17)5-11/h3-5,7-8,10,12H,1-2H3/t10-,12-/m0/s1. The highest BCUT2D eigenvalue weighted by atomic mass is 32.1. The van der Waals surface area contributed by atoms with Crippen molar-refractivity contribution in [1.29, 1.82) is 5.26 Å². The second-order valence-electron chi connectivity index (χ2n) is 4.58. The van der Waals surface area contributed by atoms with Crippen LogP contribution in [0.25, 0.3) is 0 Å². The van der Waals surface area contributed by atoms with E-state index < -0.39 is 17.6 Å². The summed E-state index contributed by atoms with van der Waals surface area (Å²) in [7, 11) is 0. The van der Waals surface area contributed by atoms with Crippen LogP contribution in [0.2, 0.25) is 0 Å². The molecule has 1 aromatic carbocycles. The Morgan fingerprint density at radius 3 is 2.71 bits per heavy atom. The SMILES string of the molecule is Cc1csc([C@@H](C#N)C=N[C@@H](C)c2ccc(F)c(F)c2)n1. The minimum Gasteiger partial charge on any atom is -0.288 e. The normalized spacial score (nSPS) is 14.0. The molecular weight excluding hydrogens is 292 g/mol. The number of hydrogen-bond donors (Lipinski definition) is 0. The molecule has 0 aliphatic carbocycles. The summed E-state index contributed by atoms with van der Waals surface area (Å²) in [6.07, 6.45) is 1.50. The Kier molecular flexibility index (Phi) is 4.76. The van der Waals surface area contributed by atoms with Crippen LogP contribution in [0.4, 0.5) is 8.78 Å². The van der Waals surface area contributed by atoms with E-state index in [-0.39, 0.29) is 6.04 Å². The van der Waals surface area contributed by atoms with Gasteiger partial charge >= 0.3 is 0 Å². The quantitative estimate of drug-likeness (QED) is 0.796.